The molecule has 2 fully saturated rings. The minimum atomic E-state index is -0.392. The van der Waals surface area contributed by atoms with Crippen molar-refractivity contribution in [3.8, 4) is 0 Å². The molecule has 2 aliphatic heterocycles. The summed E-state index contributed by atoms with van der Waals surface area (Å²) in [5.41, 5.74) is 1.59. The van der Waals surface area contributed by atoms with E-state index in [1.807, 2.05) is 62.4 Å². The monoisotopic (exact) mass is 477 g/mol. The number of hydrogen-bond acceptors (Lipinski definition) is 6. The predicted molar refractivity (Wildman–Crippen MR) is 133 cm³/mol. The lowest BCUT2D eigenvalue weighted by atomic mass is 9.81. The van der Waals surface area contributed by atoms with Crippen molar-refractivity contribution in [2.75, 3.05) is 23.7 Å². The van der Waals surface area contributed by atoms with Gasteiger partial charge < -0.3 is 10.2 Å². The first kappa shape index (κ1) is 22.8. The number of carbonyl (C=O) groups is 1. The van der Waals surface area contributed by atoms with Crippen LogP contribution in [-0.2, 0) is 5.54 Å². The summed E-state index contributed by atoms with van der Waals surface area (Å²) in [4.78, 5) is 23.9. The molecule has 2 aromatic carbocycles. The number of rotatable bonds is 5. The summed E-state index contributed by atoms with van der Waals surface area (Å²) < 4.78 is 14.3. The summed E-state index contributed by atoms with van der Waals surface area (Å²) in [6.07, 6.45) is 1.28. The number of thioether (sulfide) groups is 1. The zero-order chi connectivity index (χ0) is 23.7. The van der Waals surface area contributed by atoms with Crippen LogP contribution in [0.15, 0.2) is 66.9 Å². The highest BCUT2D eigenvalue weighted by Gasteiger charge is 2.52. The average Bonchev–Trinajstić information content (AvgIpc) is 3.25. The van der Waals surface area contributed by atoms with Gasteiger partial charge in [0.05, 0.1) is 17.4 Å². The summed E-state index contributed by atoms with van der Waals surface area (Å²) in [6, 6.07) is 19.6. The molecular weight excluding hydrogens is 449 g/mol. The smallest absolute Gasteiger partial charge is 0.253 e. The first-order valence-electron chi connectivity index (χ1n) is 11.5. The summed E-state index contributed by atoms with van der Waals surface area (Å²) in [5, 5.41) is 6.90. The number of carbonyl (C=O) groups excluding carboxylic acids is 1. The van der Waals surface area contributed by atoms with Gasteiger partial charge >= 0.3 is 0 Å². The Morgan fingerprint density at radius 1 is 1.18 bits per heavy atom. The molecule has 8 heteroatoms. The predicted octanol–water partition coefficient (Wildman–Crippen LogP) is 4.12. The van der Waals surface area contributed by atoms with Crippen LogP contribution in [0.25, 0.3) is 0 Å². The third-order valence-corrected chi connectivity index (χ3v) is 7.77. The molecule has 0 aliphatic carbocycles. The zero-order valence-electron chi connectivity index (χ0n) is 19.2. The number of benzene rings is 2. The summed E-state index contributed by atoms with van der Waals surface area (Å²) in [6.45, 7) is 5.24. The lowest BCUT2D eigenvalue weighted by molar-refractivity contribution is 0.0933. The Morgan fingerprint density at radius 2 is 1.88 bits per heavy atom. The highest BCUT2D eigenvalue weighted by Crippen LogP contribution is 2.44. The largest absolute Gasteiger partial charge is 0.338 e. The quantitative estimate of drug-likeness (QED) is 0.576. The van der Waals surface area contributed by atoms with Gasteiger partial charge in [-0.15, -0.1) is 11.8 Å². The van der Waals surface area contributed by atoms with Gasteiger partial charge in [0.15, 0.2) is 5.82 Å². The molecule has 0 radical (unpaired) electrons. The number of nitrogens with one attached hydrogen (secondary N) is 2. The van der Waals surface area contributed by atoms with Gasteiger partial charge in [-0.05, 0) is 23.6 Å². The van der Waals surface area contributed by atoms with Gasteiger partial charge in [0.2, 0.25) is 5.95 Å². The molecule has 2 aliphatic rings. The van der Waals surface area contributed by atoms with E-state index in [2.05, 4.69) is 37.6 Å². The number of aromatic nitrogens is 2. The maximum Gasteiger partial charge on any atom is 0.253 e. The molecule has 0 spiro atoms. The number of anilines is 1. The molecule has 3 heterocycles. The molecule has 2 N–H and O–H groups in total. The maximum absolute atomic E-state index is 14.3. The van der Waals surface area contributed by atoms with E-state index in [1.54, 1.807) is 11.8 Å². The second-order valence-electron chi connectivity index (χ2n) is 9.17. The van der Waals surface area contributed by atoms with Crippen LogP contribution in [0.3, 0.4) is 0 Å². The number of nitrogens with zero attached hydrogens (tertiary/aromatic N) is 3. The van der Waals surface area contributed by atoms with Crippen molar-refractivity contribution in [1.82, 2.24) is 20.6 Å². The van der Waals surface area contributed by atoms with Crippen molar-refractivity contribution in [2.45, 2.75) is 30.8 Å². The number of fused-ring (bicyclic) bond motifs is 1. The lowest BCUT2D eigenvalue weighted by Gasteiger charge is -2.43. The summed E-state index contributed by atoms with van der Waals surface area (Å²) in [5.74, 6) is 1.17. The normalized spacial score (nSPS) is 24.2. The topological polar surface area (TPSA) is 70.2 Å². The van der Waals surface area contributed by atoms with Gasteiger partial charge in [-0.25, -0.2) is 14.4 Å². The highest BCUT2D eigenvalue weighted by atomic mass is 32.2. The Morgan fingerprint density at radius 3 is 2.59 bits per heavy atom. The van der Waals surface area contributed by atoms with Crippen molar-refractivity contribution in [3.63, 3.8) is 0 Å². The van der Waals surface area contributed by atoms with Crippen molar-refractivity contribution < 1.29 is 9.18 Å². The van der Waals surface area contributed by atoms with E-state index in [-0.39, 0.29) is 29.1 Å². The molecule has 34 heavy (non-hydrogen) atoms. The van der Waals surface area contributed by atoms with Gasteiger partial charge in [0, 0.05) is 30.3 Å². The Bertz CT molecular complexity index is 1160. The molecule has 3 atom stereocenters. The van der Waals surface area contributed by atoms with Crippen LogP contribution in [0.1, 0.15) is 41.4 Å². The maximum atomic E-state index is 14.3. The molecule has 0 bridgehead atoms. The average molecular weight is 478 g/mol. The Labute approximate surface area is 203 Å². The van der Waals surface area contributed by atoms with Gasteiger partial charge in [0.1, 0.15) is 5.50 Å². The molecule has 2 saturated heterocycles. The van der Waals surface area contributed by atoms with Crippen molar-refractivity contribution in [3.05, 3.63) is 89.5 Å². The zero-order valence-corrected chi connectivity index (χ0v) is 20.1. The molecule has 3 aromatic rings. The summed E-state index contributed by atoms with van der Waals surface area (Å²) >= 11 is 1.69. The Hall–Kier alpha value is -2.97. The fraction of sp³-hybridized carbons (Fsp3) is 0.346. The van der Waals surface area contributed by atoms with E-state index in [0.717, 1.165) is 17.9 Å². The fourth-order valence-electron chi connectivity index (χ4n) is 4.86. The van der Waals surface area contributed by atoms with Gasteiger partial charge in [-0.1, -0.05) is 62.4 Å². The van der Waals surface area contributed by atoms with E-state index in [4.69, 9.17) is 0 Å². The van der Waals surface area contributed by atoms with Gasteiger partial charge in [-0.2, -0.15) is 0 Å². The third-order valence-electron chi connectivity index (χ3n) is 6.61. The minimum Gasteiger partial charge on any atom is -0.338 e. The standard InChI is InChI=1S/C26H28FN5OS/c1-17(2)22-21(27)13-28-24(29-22)32-14-20-15-34-25(30-23(33)18-9-5-3-6-10-18)31-26(20,16-32)19-11-7-4-8-12-19/h3-13,17,20,25,31H,14-16H2,1-2H3,(H,30,33)/t20-,25?,26+/m0/s1. The number of hydrogen-bond donors (Lipinski definition) is 2. The minimum absolute atomic E-state index is 0.0269. The molecule has 1 amide bonds. The van der Waals surface area contributed by atoms with Crippen LogP contribution in [0.5, 0.6) is 0 Å². The lowest BCUT2D eigenvalue weighted by Crippen LogP contribution is -2.61. The fourth-order valence-corrected chi connectivity index (χ4v) is 6.16. The van der Waals surface area contributed by atoms with Gasteiger partial charge in [-0.3, -0.25) is 10.1 Å². The van der Waals surface area contributed by atoms with Crippen molar-refractivity contribution in [1.29, 1.82) is 0 Å². The van der Waals surface area contributed by atoms with Crippen LogP contribution in [0, 0.1) is 11.7 Å². The van der Waals surface area contributed by atoms with Crippen molar-refractivity contribution in [2.24, 2.45) is 5.92 Å². The summed E-state index contributed by atoms with van der Waals surface area (Å²) in [7, 11) is 0. The van der Waals surface area contributed by atoms with E-state index in [1.165, 1.54) is 6.20 Å². The second kappa shape index (κ2) is 9.35. The Balaban J connectivity index is 1.44. The van der Waals surface area contributed by atoms with Crippen molar-refractivity contribution >= 4 is 23.6 Å². The third kappa shape index (κ3) is 4.28. The van der Waals surface area contributed by atoms with Gasteiger partial charge in [0.25, 0.3) is 5.91 Å². The van der Waals surface area contributed by atoms with E-state index >= 15 is 0 Å². The molecule has 176 valence electrons. The van der Waals surface area contributed by atoms with Crippen LogP contribution < -0.4 is 15.5 Å². The molecular formula is C26H28FN5OS. The molecule has 1 aromatic heterocycles. The second-order valence-corrected chi connectivity index (χ2v) is 10.3. The van der Waals surface area contributed by atoms with Crippen LogP contribution in [0.4, 0.5) is 10.3 Å². The first-order chi connectivity index (χ1) is 16.5. The highest BCUT2D eigenvalue weighted by molar-refractivity contribution is 7.99. The van der Waals surface area contributed by atoms with E-state index in [0.29, 0.717) is 23.8 Å². The van der Waals surface area contributed by atoms with Crippen LogP contribution in [-0.4, -0.2) is 40.2 Å². The molecule has 0 saturated carbocycles. The molecule has 6 nitrogen and oxygen atoms in total. The number of halogens is 1. The van der Waals surface area contributed by atoms with Crippen LogP contribution >= 0.6 is 11.8 Å². The molecule has 5 rings (SSSR count). The number of amides is 1. The van der Waals surface area contributed by atoms with E-state index < -0.39 is 5.54 Å². The van der Waals surface area contributed by atoms with Crippen LogP contribution in [0.2, 0.25) is 0 Å². The Kier molecular flexibility index (Phi) is 6.27. The first-order valence-corrected chi connectivity index (χ1v) is 12.6. The SMILES string of the molecule is CC(C)c1nc(N2C[C@H]3CSC(NC(=O)c4ccccc4)N[C@@]3(c3ccccc3)C2)ncc1F. The van der Waals surface area contributed by atoms with E-state index in [9.17, 15) is 9.18 Å². The molecule has 1 unspecified atom stereocenters.